The van der Waals surface area contributed by atoms with Gasteiger partial charge in [0.2, 0.25) is 0 Å². The van der Waals surface area contributed by atoms with Crippen molar-refractivity contribution in [1.29, 1.82) is 0 Å². The largest absolute Gasteiger partial charge is 0.307 e. The summed E-state index contributed by atoms with van der Waals surface area (Å²) in [7, 11) is 1.78. The first-order valence-corrected chi connectivity index (χ1v) is 6.11. The molecule has 0 amide bonds. The van der Waals surface area contributed by atoms with Crippen molar-refractivity contribution in [2.45, 2.75) is 0 Å². The highest BCUT2D eigenvalue weighted by molar-refractivity contribution is 5.91. The average molecular weight is 249 g/mol. The van der Waals surface area contributed by atoms with Crippen LogP contribution in [-0.2, 0) is 7.05 Å². The van der Waals surface area contributed by atoms with Gasteiger partial charge in [0.25, 0.3) is 5.56 Å². The summed E-state index contributed by atoms with van der Waals surface area (Å²) in [6, 6.07) is 13.7. The summed E-state index contributed by atoms with van der Waals surface area (Å²) in [5.41, 5.74) is 3.31. The lowest BCUT2D eigenvalue weighted by Gasteiger charge is -2.07. The van der Waals surface area contributed by atoms with Crippen LogP contribution in [0.1, 0.15) is 0 Å². The zero-order valence-electron chi connectivity index (χ0n) is 10.4. The molecular weight excluding hydrogens is 238 g/mol. The zero-order chi connectivity index (χ0) is 13.0. The third-order valence-electron chi connectivity index (χ3n) is 3.57. The van der Waals surface area contributed by atoms with E-state index >= 15 is 0 Å². The molecule has 0 bridgehead atoms. The molecule has 0 N–H and O–H groups in total. The summed E-state index contributed by atoms with van der Waals surface area (Å²) < 4.78 is 3.59. The van der Waals surface area contributed by atoms with E-state index in [9.17, 15) is 4.79 Å². The molecule has 0 aliphatic carbocycles. The highest BCUT2D eigenvalue weighted by atomic mass is 16.1. The van der Waals surface area contributed by atoms with Crippen LogP contribution in [0, 0.1) is 0 Å². The van der Waals surface area contributed by atoms with Crippen molar-refractivity contribution >= 4 is 27.6 Å². The molecule has 0 aliphatic rings. The van der Waals surface area contributed by atoms with Crippen LogP contribution in [0.15, 0.2) is 53.5 Å². The van der Waals surface area contributed by atoms with E-state index in [-0.39, 0.29) is 5.56 Å². The van der Waals surface area contributed by atoms with Gasteiger partial charge in [0, 0.05) is 18.6 Å². The number of pyridine rings is 1. The Bertz CT molecular complexity index is 995. The van der Waals surface area contributed by atoms with Gasteiger partial charge in [-0.1, -0.05) is 18.2 Å². The third kappa shape index (κ3) is 1.23. The molecule has 3 heterocycles. The number of fused-ring (bicyclic) bond motifs is 5. The minimum absolute atomic E-state index is 0.00306. The quantitative estimate of drug-likeness (QED) is 0.480. The molecule has 92 valence electrons. The lowest BCUT2D eigenvalue weighted by Crippen LogP contribution is -2.19. The van der Waals surface area contributed by atoms with E-state index in [2.05, 4.69) is 4.98 Å². The average Bonchev–Trinajstić information content (AvgIpc) is 2.84. The Morgan fingerprint density at radius 1 is 1.00 bits per heavy atom. The molecule has 0 spiro atoms. The monoisotopic (exact) mass is 249 g/mol. The van der Waals surface area contributed by atoms with Gasteiger partial charge >= 0.3 is 0 Å². The number of benzene rings is 1. The van der Waals surface area contributed by atoms with E-state index in [0.717, 1.165) is 22.1 Å². The van der Waals surface area contributed by atoms with Crippen LogP contribution in [0.4, 0.5) is 0 Å². The van der Waals surface area contributed by atoms with Gasteiger partial charge < -0.3 is 4.57 Å². The predicted molar refractivity (Wildman–Crippen MR) is 75.4 cm³/mol. The smallest absolute Gasteiger partial charge is 0.275 e. The molecule has 0 fully saturated rings. The molecule has 0 saturated heterocycles. The number of nitrogens with zero attached hydrogens (tertiary/aromatic N) is 3. The van der Waals surface area contributed by atoms with Crippen molar-refractivity contribution in [3.05, 3.63) is 59.0 Å². The fraction of sp³-hybridized carbons (Fsp3) is 0.0667. The Hall–Kier alpha value is -2.62. The Balaban J connectivity index is 2.47. The summed E-state index contributed by atoms with van der Waals surface area (Å²) in [6.45, 7) is 0. The van der Waals surface area contributed by atoms with Crippen LogP contribution >= 0.6 is 0 Å². The number of hydrogen-bond acceptors (Lipinski definition) is 2. The Morgan fingerprint density at radius 3 is 2.68 bits per heavy atom. The molecule has 19 heavy (non-hydrogen) atoms. The fourth-order valence-corrected chi connectivity index (χ4v) is 2.64. The number of rotatable bonds is 0. The van der Waals surface area contributed by atoms with Crippen molar-refractivity contribution in [2.75, 3.05) is 0 Å². The topological polar surface area (TPSA) is 39.3 Å². The van der Waals surface area contributed by atoms with Crippen LogP contribution in [-0.4, -0.2) is 14.0 Å². The van der Waals surface area contributed by atoms with Gasteiger partial charge in [-0.2, -0.15) is 0 Å². The second-order valence-electron chi connectivity index (χ2n) is 4.63. The summed E-state index contributed by atoms with van der Waals surface area (Å²) in [5, 5.41) is 1.05. The number of para-hydroxylation sites is 1. The predicted octanol–water partition coefficient (Wildman–Crippen LogP) is 2.34. The van der Waals surface area contributed by atoms with Gasteiger partial charge in [-0.05, 0) is 24.3 Å². The molecule has 4 rings (SSSR count). The van der Waals surface area contributed by atoms with Gasteiger partial charge in [-0.25, -0.2) is 4.98 Å². The summed E-state index contributed by atoms with van der Waals surface area (Å²) in [5.74, 6) is 0. The molecule has 4 nitrogen and oxygen atoms in total. The molecule has 4 aromatic rings. The zero-order valence-corrected chi connectivity index (χ0v) is 10.4. The first-order chi connectivity index (χ1) is 9.27. The normalized spacial score (nSPS) is 11.6. The molecular formula is C15H11N3O. The third-order valence-corrected chi connectivity index (χ3v) is 3.57. The Labute approximate surface area is 108 Å². The summed E-state index contributed by atoms with van der Waals surface area (Å²) >= 11 is 0. The molecule has 0 unspecified atom stereocenters. The maximum absolute atomic E-state index is 12.4. The van der Waals surface area contributed by atoms with Gasteiger partial charge in [0.05, 0.1) is 11.0 Å². The van der Waals surface area contributed by atoms with E-state index in [0.29, 0.717) is 5.52 Å². The standard InChI is InChI=1S/C15H11N3O/c1-17-12-7-4-8-16-14(12)18-11-6-3-2-5-10(11)9-13(18)15(17)19/h2-9H,1H3. The van der Waals surface area contributed by atoms with Gasteiger partial charge in [0.15, 0.2) is 5.65 Å². The van der Waals surface area contributed by atoms with Gasteiger partial charge in [-0.3, -0.25) is 9.20 Å². The molecule has 0 radical (unpaired) electrons. The second kappa shape index (κ2) is 3.45. The van der Waals surface area contributed by atoms with Crippen molar-refractivity contribution in [3.8, 4) is 0 Å². The van der Waals surface area contributed by atoms with Crippen LogP contribution in [0.2, 0.25) is 0 Å². The molecule has 3 aromatic heterocycles. The number of aromatic nitrogens is 3. The van der Waals surface area contributed by atoms with Crippen LogP contribution < -0.4 is 5.56 Å². The van der Waals surface area contributed by atoms with E-state index in [4.69, 9.17) is 0 Å². The fourth-order valence-electron chi connectivity index (χ4n) is 2.64. The maximum Gasteiger partial charge on any atom is 0.275 e. The SMILES string of the molecule is Cn1c(=O)c2cc3ccccc3n2c2ncccc21. The van der Waals surface area contributed by atoms with Gasteiger partial charge in [0.1, 0.15) is 5.52 Å². The van der Waals surface area contributed by atoms with E-state index in [1.165, 1.54) is 0 Å². The second-order valence-corrected chi connectivity index (χ2v) is 4.63. The van der Waals surface area contributed by atoms with Crippen molar-refractivity contribution in [2.24, 2.45) is 7.05 Å². The summed E-state index contributed by atoms with van der Waals surface area (Å²) in [6.07, 6.45) is 1.75. The Kier molecular flexibility index (Phi) is 1.87. The van der Waals surface area contributed by atoms with Crippen LogP contribution in [0.3, 0.4) is 0 Å². The molecule has 0 atom stereocenters. The minimum atomic E-state index is -0.00306. The summed E-state index contributed by atoms with van der Waals surface area (Å²) in [4.78, 5) is 16.9. The number of hydrogen-bond donors (Lipinski definition) is 0. The van der Waals surface area contributed by atoms with E-state index in [1.54, 1.807) is 17.8 Å². The highest BCUT2D eigenvalue weighted by Gasteiger charge is 2.12. The first-order valence-electron chi connectivity index (χ1n) is 6.11. The lowest BCUT2D eigenvalue weighted by molar-refractivity contribution is 0.897. The molecule has 0 aliphatic heterocycles. The van der Waals surface area contributed by atoms with Crippen LogP contribution in [0.5, 0.6) is 0 Å². The van der Waals surface area contributed by atoms with Crippen molar-refractivity contribution < 1.29 is 0 Å². The van der Waals surface area contributed by atoms with Crippen molar-refractivity contribution in [1.82, 2.24) is 14.0 Å². The van der Waals surface area contributed by atoms with E-state index < -0.39 is 0 Å². The lowest BCUT2D eigenvalue weighted by atomic mass is 10.2. The molecule has 1 aromatic carbocycles. The Morgan fingerprint density at radius 2 is 1.79 bits per heavy atom. The van der Waals surface area contributed by atoms with Crippen LogP contribution in [0.25, 0.3) is 27.6 Å². The van der Waals surface area contributed by atoms with Gasteiger partial charge in [-0.15, -0.1) is 0 Å². The van der Waals surface area contributed by atoms with E-state index in [1.807, 2.05) is 46.9 Å². The maximum atomic E-state index is 12.4. The molecule has 4 heteroatoms. The highest BCUT2D eigenvalue weighted by Crippen LogP contribution is 2.21. The minimum Gasteiger partial charge on any atom is -0.307 e. The first kappa shape index (κ1) is 10.3. The number of aryl methyl sites for hydroxylation is 1. The molecule has 0 saturated carbocycles. The van der Waals surface area contributed by atoms with Crippen molar-refractivity contribution in [3.63, 3.8) is 0 Å².